The predicted octanol–water partition coefficient (Wildman–Crippen LogP) is 2.12. The Morgan fingerprint density at radius 1 is 1.21 bits per heavy atom. The van der Waals surface area contributed by atoms with Gasteiger partial charge in [-0.05, 0) is 25.2 Å². The molecule has 0 saturated carbocycles. The summed E-state index contributed by atoms with van der Waals surface area (Å²) >= 11 is 0. The fraction of sp³-hybridized carbons (Fsp3) is 0.909. The zero-order valence-electron chi connectivity index (χ0n) is 9.87. The van der Waals surface area contributed by atoms with Gasteiger partial charge < -0.3 is 10.4 Å². The smallest absolute Gasteiger partial charge is 0.320 e. The summed E-state index contributed by atoms with van der Waals surface area (Å²) in [6.45, 7) is 10.2. The summed E-state index contributed by atoms with van der Waals surface area (Å²) in [7, 11) is 0. The first-order valence-corrected chi connectivity index (χ1v) is 5.33. The van der Waals surface area contributed by atoms with Crippen LogP contribution in [0.4, 0.5) is 0 Å². The largest absolute Gasteiger partial charge is 0.480 e. The Labute approximate surface area is 86.9 Å². The second-order valence-electron chi connectivity index (χ2n) is 4.76. The Bertz CT molecular complexity index is 178. The van der Waals surface area contributed by atoms with Crippen molar-refractivity contribution in [3.8, 4) is 0 Å². The normalized spacial score (nSPS) is 15.9. The Morgan fingerprint density at radius 2 is 1.71 bits per heavy atom. The van der Waals surface area contributed by atoms with Crippen molar-refractivity contribution in [2.75, 3.05) is 0 Å². The molecule has 0 amide bonds. The van der Waals surface area contributed by atoms with E-state index in [1.807, 2.05) is 20.8 Å². The standard InChI is InChI=1S/C11H23NO2/c1-7(2)6-9(5)12-10(8(3)4)11(13)14/h7-10,12H,6H2,1-5H3,(H,13,14). The molecule has 0 aromatic heterocycles. The van der Waals surface area contributed by atoms with Crippen molar-refractivity contribution in [3.05, 3.63) is 0 Å². The van der Waals surface area contributed by atoms with Crippen LogP contribution in [0.3, 0.4) is 0 Å². The zero-order chi connectivity index (χ0) is 11.3. The van der Waals surface area contributed by atoms with Gasteiger partial charge in [0.2, 0.25) is 0 Å². The van der Waals surface area contributed by atoms with Crippen LogP contribution in [-0.4, -0.2) is 23.2 Å². The molecule has 0 aromatic carbocycles. The molecule has 0 aliphatic heterocycles. The molecule has 0 rings (SSSR count). The quantitative estimate of drug-likeness (QED) is 0.692. The molecule has 2 unspecified atom stereocenters. The summed E-state index contributed by atoms with van der Waals surface area (Å²) in [5, 5.41) is 12.1. The first-order valence-electron chi connectivity index (χ1n) is 5.33. The van der Waals surface area contributed by atoms with Crippen molar-refractivity contribution < 1.29 is 9.90 Å². The van der Waals surface area contributed by atoms with Crippen LogP contribution in [0.15, 0.2) is 0 Å². The maximum atomic E-state index is 10.9. The van der Waals surface area contributed by atoms with Crippen molar-refractivity contribution in [1.29, 1.82) is 0 Å². The molecule has 0 bridgehead atoms. The highest BCUT2D eigenvalue weighted by molar-refractivity contribution is 5.73. The van der Waals surface area contributed by atoms with E-state index in [0.717, 1.165) is 6.42 Å². The third-order valence-electron chi connectivity index (χ3n) is 2.22. The number of carboxylic acids is 1. The van der Waals surface area contributed by atoms with Gasteiger partial charge in [0.05, 0.1) is 0 Å². The van der Waals surface area contributed by atoms with Crippen molar-refractivity contribution in [1.82, 2.24) is 5.32 Å². The van der Waals surface area contributed by atoms with Gasteiger partial charge in [-0.1, -0.05) is 27.7 Å². The SMILES string of the molecule is CC(C)CC(C)NC(C(=O)O)C(C)C. The number of carboxylic acid groups (broad SMARTS) is 1. The lowest BCUT2D eigenvalue weighted by atomic mass is 10.0. The van der Waals surface area contributed by atoms with Crippen molar-refractivity contribution in [2.24, 2.45) is 11.8 Å². The van der Waals surface area contributed by atoms with Crippen LogP contribution >= 0.6 is 0 Å². The van der Waals surface area contributed by atoms with Gasteiger partial charge >= 0.3 is 5.97 Å². The molecule has 0 heterocycles. The van der Waals surface area contributed by atoms with Crippen LogP contribution < -0.4 is 5.32 Å². The number of aliphatic carboxylic acids is 1. The number of hydrogen-bond donors (Lipinski definition) is 2. The number of nitrogens with one attached hydrogen (secondary N) is 1. The molecular weight excluding hydrogens is 178 g/mol. The molecule has 2 N–H and O–H groups in total. The average Bonchev–Trinajstić information content (AvgIpc) is 1.97. The van der Waals surface area contributed by atoms with Gasteiger partial charge in [0.15, 0.2) is 0 Å². The first-order chi connectivity index (χ1) is 6.34. The van der Waals surface area contributed by atoms with Gasteiger partial charge in [0, 0.05) is 6.04 Å². The van der Waals surface area contributed by atoms with Crippen LogP contribution in [0.1, 0.15) is 41.0 Å². The Hall–Kier alpha value is -0.570. The minimum atomic E-state index is -0.754. The molecule has 0 aromatic rings. The van der Waals surface area contributed by atoms with Crippen molar-refractivity contribution in [3.63, 3.8) is 0 Å². The fourth-order valence-electron chi connectivity index (χ4n) is 1.63. The van der Waals surface area contributed by atoms with Crippen LogP contribution in [-0.2, 0) is 4.79 Å². The lowest BCUT2D eigenvalue weighted by Gasteiger charge is -2.23. The third-order valence-corrected chi connectivity index (χ3v) is 2.22. The molecule has 2 atom stereocenters. The molecular formula is C11H23NO2. The van der Waals surface area contributed by atoms with Crippen molar-refractivity contribution in [2.45, 2.75) is 53.1 Å². The van der Waals surface area contributed by atoms with Gasteiger partial charge in [-0.2, -0.15) is 0 Å². The molecule has 0 aliphatic rings. The Morgan fingerprint density at radius 3 is 2.00 bits per heavy atom. The van der Waals surface area contributed by atoms with E-state index in [4.69, 9.17) is 5.11 Å². The second-order valence-corrected chi connectivity index (χ2v) is 4.76. The fourth-order valence-corrected chi connectivity index (χ4v) is 1.63. The molecule has 0 saturated heterocycles. The molecule has 14 heavy (non-hydrogen) atoms. The molecule has 0 spiro atoms. The summed E-state index contributed by atoms with van der Waals surface area (Å²) in [6, 6.07) is -0.165. The predicted molar refractivity (Wildman–Crippen MR) is 58.3 cm³/mol. The molecule has 84 valence electrons. The van der Waals surface area contributed by atoms with E-state index >= 15 is 0 Å². The monoisotopic (exact) mass is 201 g/mol. The summed E-state index contributed by atoms with van der Waals surface area (Å²) < 4.78 is 0. The van der Waals surface area contributed by atoms with Gasteiger partial charge in [-0.15, -0.1) is 0 Å². The molecule has 0 fully saturated rings. The molecule has 0 aliphatic carbocycles. The average molecular weight is 201 g/mol. The van der Waals surface area contributed by atoms with Gasteiger partial charge in [0.1, 0.15) is 6.04 Å². The van der Waals surface area contributed by atoms with Gasteiger partial charge in [0.25, 0.3) is 0 Å². The van der Waals surface area contributed by atoms with E-state index in [1.165, 1.54) is 0 Å². The lowest BCUT2D eigenvalue weighted by Crippen LogP contribution is -2.45. The molecule has 3 heteroatoms. The zero-order valence-corrected chi connectivity index (χ0v) is 9.87. The number of hydrogen-bond acceptors (Lipinski definition) is 2. The minimum absolute atomic E-state index is 0.127. The highest BCUT2D eigenvalue weighted by Gasteiger charge is 2.22. The van der Waals surface area contributed by atoms with Gasteiger partial charge in [-0.3, -0.25) is 4.79 Å². The van der Waals surface area contributed by atoms with Crippen LogP contribution in [0.2, 0.25) is 0 Å². The summed E-state index contributed by atoms with van der Waals surface area (Å²) in [5.41, 5.74) is 0. The lowest BCUT2D eigenvalue weighted by molar-refractivity contribution is -0.140. The second kappa shape index (κ2) is 6.02. The summed E-state index contributed by atoms with van der Waals surface area (Å²) in [5.74, 6) is -0.0307. The van der Waals surface area contributed by atoms with Crippen LogP contribution in [0.25, 0.3) is 0 Å². The Balaban J connectivity index is 4.10. The highest BCUT2D eigenvalue weighted by Crippen LogP contribution is 2.08. The van der Waals surface area contributed by atoms with E-state index in [2.05, 4.69) is 19.2 Å². The van der Waals surface area contributed by atoms with Crippen molar-refractivity contribution >= 4 is 5.97 Å². The number of carbonyl (C=O) groups is 1. The maximum absolute atomic E-state index is 10.9. The number of rotatable bonds is 6. The third kappa shape index (κ3) is 5.22. The van der Waals surface area contributed by atoms with E-state index in [1.54, 1.807) is 0 Å². The molecule has 3 nitrogen and oxygen atoms in total. The topological polar surface area (TPSA) is 49.3 Å². The summed E-state index contributed by atoms with van der Waals surface area (Å²) in [6.07, 6.45) is 1.01. The maximum Gasteiger partial charge on any atom is 0.320 e. The van der Waals surface area contributed by atoms with E-state index in [0.29, 0.717) is 5.92 Å². The van der Waals surface area contributed by atoms with E-state index in [-0.39, 0.29) is 12.0 Å². The highest BCUT2D eigenvalue weighted by atomic mass is 16.4. The first kappa shape index (κ1) is 13.4. The van der Waals surface area contributed by atoms with Gasteiger partial charge in [-0.25, -0.2) is 0 Å². The van der Waals surface area contributed by atoms with Crippen LogP contribution in [0, 0.1) is 11.8 Å². The summed E-state index contributed by atoms with van der Waals surface area (Å²) in [4.78, 5) is 10.9. The Kier molecular flexibility index (Phi) is 5.77. The van der Waals surface area contributed by atoms with Crippen LogP contribution in [0.5, 0.6) is 0 Å². The van der Waals surface area contributed by atoms with E-state index in [9.17, 15) is 4.79 Å². The van der Waals surface area contributed by atoms with E-state index < -0.39 is 12.0 Å². The molecule has 0 radical (unpaired) electrons. The minimum Gasteiger partial charge on any atom is -0.480 e.